The van der Waals surface area contributed by atoms with Crippen molar-refractivity contribution in [2.45, 2.75) is 0 Å². The second kappa shape index (κ2) is 1.95. The average Bonchev–Trinajstić information content (AvgIpc) is 2.59. The first-order valence-corrected chi connectivity index (χ1v) is 2.41. The predicted molar refractivity (Wildman–Crippen MR) is 25.4 cm³/mol. The smallest absolute Gasteiger partial charge is 0.267 e. The van der Waals surface area contributed by atoms with E-state index in [0.29, 0.717) is 5.76 Å². The van der Waals surface area contributed by atoms with E-state index in [2.05, 4.69) is 35.5 Å². The van der Waals surface area contributed by atoms with E-state index in [4.69, 9.17) is 0 Å². The Morgan fingerprint density at radius 2 is 2.50 bits per heavy atom. The van der Waals surface area contributed by atoms with Crippen LogP contribution in [0.25, 0.3) is 5.76 Å². The van der Waals surface area contributed by atoms with Crippen LogP contribution in [0.15, 0.2) is 10.8 Å². The van der Waals surface area contributed by atoms with E-state index in [0.717, 1.165) is 0 Å². The molecule has 7 nitrogen and oxygen atoms in total. The van der Waals surface area contributed by atoms with Crippen molar-refractivity contribution in [1.29, 1.82) is 0 Å². The van der Waals surface area contributed by atoms with Gasteiger partial charge in [-0.2, -0.15) is 0 Å². The molecule has 1 aromatic rings. The molecule has 0 unspecified atom stereocenters. The summed E-state index contributed by atoms with van der Waals surface area (Å²) in [6.45, 7) is 0. The van der Waals surface area contributed by atoms with Crippen molar-refractivity contribution in [3.8, 4) is 0 Å². The molecule has 2 heterocycles. The van der Waals surface area contributed by atoms with Gasteiger partial charge >= 0.3 is 0 Å². The Kier molecular flexibility index (Phi) is 1.01. The fraction of sp³-hybridized carbons (Fsp3) is 0. The summed E-state index contributed by atoms with van der Waals surface area (Å²) in [5.41, 5.74) is 2.33. The number of rotatable bonds is 1. The van der Waals surface area contributed by atoms with Gasteiger partial charge in [0, 0.05) is 0 Å². The van der Waals surface area contributed by atoms with Crippen molar-refractivity contribution in [2.75, 3.05) is 0 Å². The summed E-state index contributed by atoms with van der Waals surface area (Å²) in [6.07, 6.45) is 1.44. The van der Waals surface area contributed by atoms with Gasteiger partial charge in [-0.3, -0.25) is 0 Å². The van der Waals surface area contributed by atoms with Crippen LogP contribution in [0.5, 0.6) is 0 Å². The summed E-state index contributed by atoms with van der Waals surface area (Å²) >= 11 is 0. The molecule has 1 aliphatic rings. The van der Waals surface area contributed by atoms with Crippen molar-refractivity contribution in [1.82, 2.24) is 21.0 Å². The van der Waals surface area contributed by atoms with Gasteiger partial charge in [0.25, 0.3) is 5.82 Å². The maximum atomic E-state index is 4.52. The highest BCUT2D eigenvalue weighted by molar-refractivity contribution is 5.50. The first-order valence-electron chi connectivity index (χ1n) is 2.41. The van der Waals surface area contributed by atoms with Crippen LogP contribution in [0.2, 0.25) is 0 Å². The minimum Gasteiger partial charge on any atom is -0.308 e. The lowest BCUT2D eigenvalue weighted by Crippen LogP contribution is -1.94. The molecule has 0 radical (unpaired) electrons. The number of aromatic nitrogens is 3. The third-order valence-corrected chi connectivity index (χ3v) is 0.889. The molecule has 0 saturated heterocycles. The first kappa shape index (κ1) is 5.18. The minimum absolute atomic E-state index is 0.241. The van der Waals surface area contributed by atoms with Crippen LogP contribution in [0.4, 0.5) is 0 Å². The minimum atomic E-state index is 0.241. The van der Waals surface area contributed by atoms with Gasteiger partial charge in [0.2, 0.25) is 5.76 Å². The molecule has 0 aromatic carbocycles. The molecule has 0 amide bonds. The van der Waals surface area contributed by atoms with Crippen LogP contribution in [0.1, 0.15) is 5.82 Å². The van der Waals surface area contributed by atoms with Gasteiger partial charge in [-0.15, -0.1) is 0 Å². The van der Waals surface area contributed by atoms with E-state index in [9.17, 15) is 0 Å². The average molecular weight is 142 g/mol. The monoisotopic (exact) mass is 142 g/mol. The Morgan fingerprint density at radius 1 is 1.50 bits per heavy atom. The number of hydroxylamine groups is 1. The maximum absolute atomic E-state index is 4.52. The van der Waals surface area contributed by atoms with Gasteiger partial charge < -0.3 is 4.89 Å². The summed E-state index contributed by atoms with van der Waals surface area (Å²) in [5.74, 6) is 0.575. The molecule has 0 spiro atoms. The molecule has 2 rings (SSSR count). The molecule has 0 atom stereocenters. The van der Waals surface area contributed by atoms with Gasteiger partial charge in [0.1, 0.15) is 0 Å². The van der Waals surface area contributed by atoms with E-state index in [-0.39, 0.29) is 5.82 Å². The Morgan fingerprint density at radius 3 is 3.10 bits per heavy atom. The topological polar surface area (TPSA) is 82.3 Å². The molecule has 0 saturated carbocycles. The molecular weight excluding hydrogens is 140 g/mol. The summed E-state index contributed by atoms with van der Waals surface area (Å²) in [4.78, 5) is 8.81. The van der Waals surface area contributed by atoms with Gasteiger partial charge in [-0.25, -0.2) is 10.1 Å². The SMILES string of the molecule is C1=C(c2nnon2)OON1. The van der Waals surface area contributed by atoms with Crippen LogP contribution >= 0.6 is 0 Å². The van der Waals surface area contributed by atoms with Crippen molar-refractivity contribution in [3.63, 3.8) is 0 Å². The van der Waals surface area contributed by atoms with Gasteiger partial charge in [0.15, 0.2) is 0 Å². The molecule has 10 heavy (non-hydrogen) atoms. The zero-order chi connectivity index (χ0) is 6.81. The molecule has 1 aromatic heterocycles. The Hall–Kier alpha value is -1.63. The lowest BCUT2D eigenvalue weighted by molar-refractivity contribution is -0.254. The highest BCUT2D eigenvalue weighted by Crippen LogP contribution is 2.11. The van der Waals surface area contributed by atoms with E-state index < -0.39 is 0 Å². The fourth-order valence-electron chi connectivity index (χ4n) is 0.499. The molecule has 0 bridgehead atoms. The zero-order valence-corrected chi connectivity index (χ0v) is 4.64. The zero-order valence-electron chi connectivity index (χ0n) is 4.64. The van der Waals surface area contributed by atoms with Crippen LogP contribution in [-0.4, -0.2) is 15.5 Å². The highest BCUT2D eigenvalue weighted by atomic mass is 17.3. The van der Waals surface area contributed by atoms with Gasteiger partial charge in [0.05, 0.1) is 11.5 Å². The van der Waals surface area contributed by atoms with E-state index in [1.807, 2.05) is 0 Å². The quantitative estimate of drug-likeness (QED) is 0.515. The Balaban J connectivity index is 2.28. The van der Waals surface area contributed by atoms with E-state index in [1.165, 1.54) is 6.20 Å². The molecule has 0 fully saturated rings. The Labute approximate surface area is 54.5 Å². The van der Waals surface area contributed by atoms with Crippen molar-refractivity contribution in [3.05, 3.63) is 12.0 Å². The third kappa shape index (κ3) is 0.685. The lowest BCUT2D eigenvalue weighted by atomic mass is 10.5. The number of nitrogens with zero attached hydrogens (tertiary/aromatic N) is 3. The second-order valence-electron chi connectivity index (χ2n) is 1.47. The van der Waals surface area contributed by atoms with Crippen LogP contribution < -0.4 is 5.48 Å². The summed E-state index contributed by atoms with van der Waals surface area (Å²) < 4.78 is 4.21. The van der Waals surface area contributed by atoms with Crippen LogP contribution in [0.3, 0.4) is 0 Å². The lowest BCUT2D eigenvalue weighted by Gasteiger charge is -1.88. The number of hydrogen-bond donors (Lipinski definition) is 1. The van der Waals surface area contributed by atoms with Gasteiger partial charge in [-0.05, 0) is 5.16 Å². The molecule has 1 aliphatic heterocycles. The largest absolute Gasteiger partial charge is 0.308 e. The van der Waals surface area contributed by atoms with Crippen molar-refractivity contribution >= 4 is 5.76 Å². The molecule has 1 N–H and O–H groups in total. The predicted octanol–water partition coefficient (Wildman–Crippen LogP) is -0.771. The van der Waals surface area contributed by atoms with Crippen molar-refractivity contribution < 1.29 is 14.5 Å². The van der Waals surface area contributed by atoms with E-state index in [1.54, 1.807) is 0 Å². The summed E-state index contributed by atoms with van der Waals surface area (Å²) in [5, 5.41) is 9.97. The number of hydrogen-bond acceptors (Lipinski definition) is 7. The third-order valence-electron chi connectivity index (χ3n) is 0.889. The normalized spacial score (nSPS) is 15.8. The fourth-order valence-corrected chi connectivity index (χ4v) is 0.499. The molecule has 0 aliphatic carbocycles. The van der Waals surface area contributed by atoms with E-state index >= 15 is 0 Å². The molecular formula is C3H2N4O3. The molecule has 52 valence electrons. The standard InChI is InChI=1S/C3H2N4O3/c1-2(8-10-4-1)3-5-7-9-6-3/h1,4H. The Bertz CT molecular complexity index is 242. The number of nitrogens with one attached hydrogen (secondary N) is 1. The summed E-state index contributed by atoms with van der Waals surface area (Å²) in [6, 6.07) is 0. The maximum Gasteiger partial charge on any atom is 0.267 e. The van der Waals surface area contributed by atoms with Crippen LogP contribution in [-0.2, 0) is 9.88 Å². The second-order valence-corrected chi connectivity index (χ2v) is 1.47. The molecule has 7 heteroatoms. The summed E-state index contributed by atoms with van der Waals surface area (Å²) in [7, 11) is 0. The van der Waals surface area contributed by atoms with Gasteiger partial charge in [-0.1, -0.05) is 10.1 Å². The van der Waals surface area contributed by atoms with Crippen LogP contribution in [0, 0.1) is 0 Å². The highest BCUT2D eigenvalue weighted by Gasteiger charge is 2.14. The van der Waals surface area contributed by atoms with Crippen molar-refractivity contribution in [2.24, 2.45) is 0 Å². The first-order chi connectivity index (χ1) is 4.97.